The van der Waals surface area contributed by atoms with Crippen LogP contribution in [0.4, 0.5) is 10.3 Å². The molecular weight excluding hydrogens is 377 g/mol. The second kappa shape index (κ2) is 7.38. The van der Waals surface area contributed by atoms with Gasteiger partial charge in [-0.2, -0.15) is 0 Å². The lowest BCUT2D eigenvalue weighted by Crippen LogP contribution is -2.40. The summed E-state index contributed by atoms with van der Waals surface area (Å²) in [7, 11) is 0. The zero-order valence-corrected chi connectivity index (χ0v) is 15.5. The third kappa shape index (κ3) is 3.13. The van der Waals surface area contributed by atoms with Crippen LogP contribution >= 0.6 is 24.2 Å². The molecule has 0 amide bonds. The van der Waals surface area contributed by atoms with Crippen LogP contribution < -0.4 is 10.6 Å². The van der Waals surface area contributed by atoms with Crippen LogP contribution in [0, 0.1) is 11.7 Å². The van der Waals surface area contributed by atoms with E-state index in [1.165, 1.54) is 0 Å². The molecule has 3 N–H and O–H groups in total. The van der Waals surface area contributed by atoms with Crippen LogP contribution in [-0.4, -0.2) is 39.1 Å². The van der Waals surface area contributed by atoms with Crippen LogP contribution in [-0.2, 0) is 12.1 Å². The molecule has 2 aliphatic rings. The number of anilines is 1. The fourth-order valence-corrected chi connectivity index (χ4v) is 4.54. The number of hydrogen-bond donors (Lipinski definition) is 2. The largest absolute Gasteiger partial charge is 0.390 e. The minimum Gasteiger partial charge on any atom is -0.390 e. The number of thioether (sulfide) groups is 1. The zero-order valence-electron chi connectivity index (χ0n) is 13.9. The minimum absolute atomic E-state index is 0. The highest BCUT2D eigenvalue weighted by atomic mass is 35.5. The summed E-state index contributed by atoms with van der Waals surface area (Å²) < 4.78 is 13.6. The highest BCUT2D eigenvalue weighted by molar-refractivity contribution is 8.13. The topological polar surface area (TPSA) is 87.6 Å². The Morgan fingerprint density at radius 3 is 2.85 bits per heavy atom. The summed E-state index contributed by atoms with van der Waals surface area (Å²) in [5.41, 5.74) is 6.71. The average Bonchev–Trinajstić information content (AvgIpc) is 3.03. The van der Waals surface area contributed by atoms with Gasteiger partial charge in [-0.15, -0.1) is 12.4 Å². The van der Waals surface area contributed by atoms with E-state index in [1.54, 1.807) is 11.8 Å². The first-order valence-corrected chi connectivity index (χ1v) is 9.02. The number of nitrogens with zero attached hydrogens (tertiary/aromatic N) is 4. The predicted octanol–water partition coefficient (Wildman–Crippen LogP) is 1.92. The summed E-state index contributed by atoms with van der Waals surface area (Å²) in [4.78, 5) is 15.1. The van der Waals surface area contributed by atoms with Gasteiger partial charge in [0.15, 0.2) is 11.0 Å². The second-order valence-corrected chi connectivity index (χ2v) is 7.29. The highest BCUT2D eigenvalue weighted by Gasteiger charge is 2.50. The minimum atomic E-state index is -0.599. The molecule has 3 heterocycles. The van der Waals surface area contributed by atoms with E-state index in [9.17, 15) is 9.50 Å². The molecule has 0 unspecified atom stereocenters. The Kier molecular flexibility index (Phi) is 5.36. The maximum atomic E-state index is 13.6. The normalized spacial score (nSPS) is 24.6. The summed E-state index contributed by atoms with van der Waals surface area (Å²) >= 11 is 1.56. The van der Waals surface area contributed by atoms with Crippen molar-refractivity contribution in [3.05, 3.63) is 53.6 Å². The molecule has 9 heteroatoms. The van der Waals surface area contributed by atoms with Crippen molar-refractivity contribution in [3.8, 4) is 0 Å². The molecule has 2 atom stereocenters. The van der Waals surface area contributed by atoms with Crippen LogP contribution in [0.3, 0.4) is 0 Å². The molecule has 2 aromatic rings. The van der Waals surface area contributed by atoms with Crippen molar-refractivity contribution < 1.29 is 9.50 Å². The molecule has 1 aromatic carbocycles. The molecule has 1 saturated heterocycles. The van der Waals surface area contributed by atoms with Gasteiger partial charge in [-0.05, 0) is 5.56 Å². The standard InChI is InChI=1S/C17H18FN5OS.ClH/c18-13-6-20-16(21-14(13)8-24)23-7-12-9-25-15(19)22-17(12,10-23)11-4-2-1-3-5-11;/h1-6,12,24H,7-10H2,(H2,19,22);1H/t12-,17+;/m0./s1. The van der Waals surface area contributed by atoms with E-state index in [1.807, 2.05) is 23.1 Å². The number of nitrogens with two attached hydrogens (primary N) is 1. The van der Waals surface area contributed by atoms with Crippen molar-refractivity contribution in [2.75, 3.05) is 23.7 Å². The highest BCUT2D eigenvalue weighted by Crippen LogP contribution is 2.45. The lowest BCUT2D eigenvalue weighted by molar-refractivity contribution is 0.269. The molecule has 1 aromatic heterocycles. The average molecular weight is 396 g/mol. The molecule has 6 nitrogen and oxygen atoms in total. The predicted molar refractivity (Wildman–Crippen MR) is 103 cm³/mol. The van der Waals surface area contributed by atoms with Crippen molar-refractivity contribution in [1.29, 1.82) is 0 Å². The van der Waals surface area contributed by atoms with Gasteiger partial charge in [-0.1, -0.05) is 42.1 Å². The lowest BCUT2D eigenvalue weighted by Gasteiger charge is -2.34. The fourth-order valence-electron chi connectivity index (χ4n) is 3.56. The second-order valence-electron chi connectivity index (χ2n) is 6.25. The maximum Gasteiger partial charge on any atom is 0.225 e. The summed E-state index contributed by atoms with van der Waals surface area (Å²) in [6.07, 6.45) is 1.11. The molecule has 0 bridgehead atoms. The molecule has 0 aliphatic carbocycles. The van der Waals surface area contributed by atoms with E-state index in [-0.39, 0.29) is 24.0 Å². The zero-order chi connectivity index (χ0) is 17.4. The fraction of sp³-hybridized carbons (Fsp3) is 0.353. The number of aromatic nitrogens is 2. The number of amidine groups is 1. The number of aliphatic hydroxyl groups is 1. The Labute approximate surface area is 161 Å². The molecular formula is C17H19ClFN5OS. The van der Waals surface area contributed by atoms with Crippen LogP contribution in [0.2, 0.25) is 0 Å². The van der Waals surface area contributed by atoms with E-state index < -0.39 is 18.0 Å². The number of rotatable bonds is 3. The van der Waals surface area contributed by atoms with Gasteiger partial charge in [0.05, 0.1) is 19.3 Å². The van der Waals surface area contributed by atoms with Crippen molar-refractivity contribution in [2.24, 2.45) is 16.6 Å². The SMILES string of the molecule is Cl.NC1=N[C@@]2(c3ccccc3)CN(c3ncc(F)c(CO)n3)C[C@H]2CS1. The Bertz CT molecular complexity index is 824. The van der Waals surface area contributed by atoms with Gasteiger partial charge in [-0.25, -0.2) is 19.4 Å². The molecule has 4 rings (SSSR count). The quantitative estimate of drug-likeness (QED) is 0.825. The number of fused-ring (bicyclic) bond motifs is 1. The Hall–Kier alpha value is -1.90. The first-order valence-electron chi connectivity index (χ1n) is 8.03. The molecule has 0 saturated carbocycles. The van der Waals surface area contributed by atoms with E-state index in [4.69, 9.17) is 10.7 Å². The van der Waals surface area contributed by atoms with E-state index in [2.05, 4.69) is 22.1 Å². The van der Waals surface area contributed by atoms with Gasteiger partial charge in [-0.3, -0.25) is 0 Å². The van der Waals surface area contributed by atoms with Crippen molar-refractivity contribution in [2.45, 2.75) is 12.1 Å². The summed E-state index contributed by atoms with van der Waals surface area (Å²) in [5, 5.41) is 9.85. The lowest BCUT2D eigenvalue weighted by atomic mass is 9.82. The third-order valence-corrected chi connectivity index (χ3v) is 5.76. The van der Waals surface area contributed by atoms with Gasteiger partial charge < -0.3 is 15.7 Å². The monoisotopic (exact) mass is 395 g/mol. The molecule has 26 heavy (non-hydrogen) atoms. The number of aliphatic imine (C=N–C) groups is 1. The Balaban J connectivity index is 0.00000196. The van der Waals surface area contributed by atoms with Gasteiger partial charge in [0.1, 0.15) is 11.2 Å². The number of benzene rings is 1. The summed E-state index contributed by atoms with van der Waals surface area (Å²) in [5.74, 6) is 0.917. The van der Waals surface area contributed by atoms with Crippen LogP contribution in [0.1, 0.15) is 11.3 Å². The Morgan fingerprint density at radius 1 is 1.35 bits per heavy atom. The number of hydrogen-bond acceptors (Lipinski definition) is 7. The van der Waals surface area contributed by atoms with Crippen LogP contribution in [0.15, 0.2) is 41.5 Å². The van der Waals surface area contributed by atoms with Crippen LogP contribution in [0.5, 0.6) is 0 Å². The Morgan fingerprint density at radius 2 is 2.12 bits per heavy atom. The van der Waals surface area contributed by atoms with Crippen molar-refractivity contribution in [1.82, 2.24) is 9.97 Å². The maximum absolute atomic E-state index is 13.6. The summed E-state index contributed by atoms with van der Waals surface area (Å²) in [6.45, 7) is 0.817. The number of aliphatic hydroxyl groups excluding tert-OH is 1. The van der Waals surface area contributed by atoms with Crippen molar-refractivity contribution in [3.63, 3.8) is 0 Å². The van der Waals surface area contributed by atoms with Crippen molar-refractivity contribution >= 4 is 35.3 Å². The summed E-state index contributed by atoms with van der Waals surface area (Å²) in [6, 6.07) is 10.1. The molecule has 2 aliphatic heterocycles. The van der Waals surface area contributed by atoms with Gasteiger partial charge in [0.2, 0.25) is 5.95 Å². The van der Waals surface area contributed by atoms with E-state index in [0.717, 1.165) is 17.5 Å². The number of halogens is 2. The van der Waals surface area contributed by atoms with Gasteiger partial charge in [0, 0.05) is 18.2 Å². The molecule has 0 radical (unpaired) electrons. The first-order chi connectivity index (χ1) is 12.1. The molecule has 1 fully saturated rings. The van der Waals surface area contributed by atoms with Gasteiger partial charge >= 0.3 is 0 Å². The first kappa shape index (κ1) is 18.9. The molecule has 0 spiro atoms. The third-order valence-electron chi connectivity index (χ3n) is 4.80. The molecule has 138 valence electrons. The smallest absolute Gasteiger partial charge is 0.225 e. The van der Waals surface area contributed by atoms with Crippen LogP contribution in [0.25, 0.3) is 0 Å². The van der Waals surface area contributed by atoms with E-state index in [0.29, 0.717) is 24.2 Å². The van der Waals surface area contributed by atoms with E-state index >= 15 is 0 Å². The van der Waals surface area contributed by atoms with Gasteiger partial charge in [0.25, 0.3) is 0 Å².